The number of hydrogen-bond donors (Lipinski definition) is 1. The number of ether oxygens (including phenoxy) is 1. The molecule has 0 saturated heterocycles. The Hall–Kier alpha value is -1.85. The maximum absolute atomic E-state index is 12.3. The lowest BCUT2D eigenvalue weighted by Gasteiger charge is -2.19. The average molecular weight is 392 g/mol. The molecule has 4 nitrogen and oxygen atoms in total. The summed E-state index contributed by atoms with van der Waals surface area (Å²) in [6, 6.07) is 7.21. The molecule has 0 saturated carbocycles. The molecular formula is C20H22ClNO3S. The molecule has 1 aliphatic carbocycles. The number of thiophene rings is 1. The second kappa shape index (κ2) is 8.23. The van der Waals surface area contributed by atoms with Crippen LogP contribution in [0.15, 0.2) is 24.3 Å². The molecule has 26 heavy (non-hydrogen) atoms. The van der Waals surface area contributed by atoms with Crippen molar-refractivity contribution in [3.05, 3.63) is 50.2 Å². The highest BCUT2D eigenvalue weighted by Gasteiger charge is 2.23. The van der Waals surface area contributed by atoms with Crippen LogP contribution in [0.4, 0.5) is 5.69 Å². The molecule has 1 atom stereocenters. The topological polar surface area (TPSA) is 55.4 Å². The van der Waals surface area contributed by atoms with Crippen LogP contribution < -0.4 is 5.32 Å². The van der Waals surface area contributed by atoms with Crippen molar-refractivity contribution in [1.82, 2.24) is 0 Å². The van der Waals surface area contributed by atoms with Gasteiger partial charge in [0.25, 0.3) is 5.91 Å². The Kier molecular flexibility index (Phi) is 5.99. The van der Waals surface area contributed by atoms with Gasteiger partial charge in [0.15, 0.2) is 6.61 Å². The molecule has 1 aliphatic rings. The fourth-order valence-corrected chi connectivity index (χ4v) is 4.46. The van der Waals surface area contributed by atoms with Gasteiger partial charge in [-0.3, -0.25) is 4.79 Å². The van der Waals surface area contributed by atoms with Crippen LogP contribution in [-0.2, 0) is 22.4 Å². The zero-order valence-electron chi connectivity index (χ0n) is 14.9. The van der Waals surface area contributed by atoms with Gasteiger partial charge in [0.2, 0.25) is 0 Å². The van der Waals surface area contributed by atoms with E-state index in [-0.39, 0.29) is 12.5 Å². The van der Waals surface area contributed by atoms with E-state index in [1.165, 1.54) is 28.2 Å². The predicted molar refractivity (Wildman–Crippen MR) is 105 cm³/mol. The van der Waals surface area contributed by atoms with E-state index in [1.807, 2.05) is 13.0 Å². The van der Waals surface area contributed by atoms with Gasteiger partial charge in [-0.15, -0.1) is 11.3 Å². The number of aryl methyl sites for hydroxylation is 1. The van der Waals surface area contributed by atoms with E-state index < -0.39 is 5.97 Å². The molecule has 1 heterocycles. The minimum atomic E-state index is -0.435. The molecule has 0 aliphatic heterocycles. The number of halogens is 1. The zero-order chi connectivity index (χ0) is 18.7. The predicted octanol–water partition coefficient (Wildman–Crippen LogP) is 5.02. The molecule has 0 radical (unpaired) electrons. The van der Waals surface area contributed by atoms with Gasteiger partial charge in [0.1, 0.15) is 4.88 Å². The first kappa shape index (κ1) is 18.9. The minimum Gasteiger partial charge on any atom is -0.451 e. The van der Waals surface area contributed by atoms with Crippen molar-refractivity contribution in [2.75, 3.05) is 11.9 Å². The van der Waals surface area contributed by atoms with Crippen LogP contribution in [0.5, 0.6) is 0 Å². The van der Waals surface area contributed by atoms with Crippen LogP contribution in [0.25, 0.3) is 0 Å². The lowest BCUT2D eigenvalue weighted by Crippen LogP contribution is -2.21. The molecule has 1 aromatic carbocycles. The monoisotopic (exact) mass is 391 g/mol. The summed E-state index contributed by atoms with van der Waals surface area (Å²) in [4.78, 5) is 26.2. The normalized spacial score (nSPS) is 16.0. The van der Waals surface area contributed by atoms with Gasteiger partial charge in [-0.05, 0) is 61.4 Å². The third kappa shape index (κ3) is 4.27. The molecule has 1 aromatic heterocycles. The molecule has 3 rings (SSSR count). The number of hydrogen-bond acceptors (Lipinski definition) is 4. The molecule has 6 heteroatoms. The van der Waals surface area contributed by atoms with Crippen molar-refractivity contribution in [3.63, 3.8) is 0 Å². The maximum Gasteiger partial charge on any atom is 0.348 e. The van der Waals surface area contributed by atoms with Gasteiger partial charge in [0.05, 0.1) is 0 Å². The van der Waals surface area contributed by atoms with Gasteiger partial charge >= 0.3 is 5.97 Å². The highest BCUT2D eigenvalue weighted by atomic mass is 35.5. The van der Waals surface area contributed by atoms with Crippen molar-refractivity contribution in [1.29, 1.82) is 0 Å². The molecule has 0 fully saturated rings. The Morgan fingerprint density at radius 2 is 2.19 bits per heavy atom. The van der Waals surface area contributed by atoms with E-state index in [0.717, 1.165) is 24.8 Å². The van der Waals surface area contributed by atoms with E-state index in [2.05, 4.69) is 12.2 Å². The number of nitrogens with one attached hydrogen (secondary N) is 1. The summed E-state index contributed by atoms with van der Waals surface area (Å²) in [5, 5.41) is 3.30. The quantitative estimate of drug-likeness (QED) is 0.728. The number of rotatable bonds is 5. The van der Waals surface area contributed by atoms with Gasteiger partial charge in [0, 0.05) is 15.6 Å². The summed E-state index contributed by atoms with van der Waals surface area (Å²) in [6.45, 7) is 3.71. The van der Waals surface area contributed by atoms with Gasteiger partial charge < -0.3 is 10.1 Å². The fourth-order valence-electron chi connectivity index (χ4n) is 3.18. The van der Waals surface area contributed by atoms with Crippen LogP contribution >= 0.6 is 22.9 Å². The first-order valence-electron chi connectivity index (χ1n) is 8.81. The summed E-state index contributed by atoms with van der Waals surface area (Å²) in [5.74, 6) is -0.112. The Morgan fingerprint density at radius 3 is 2.96 bits per heavy atom. The van der Waals surface area contributed by atoms with Crippen LogP contribution in [0, 0.1) is 12.8 Å². The van der Waals surface area contributed by atoms with Crippen molar-refractivity contribution < 1.29 is 14.3 Å². The standard InChI is InChI=1S/C20H22ClNO3S/c1-3-13-7-8-17-14(9-13)10-18(26-17)20(24)25-11-19(23)22-16-6-4-5-15(21)12(16)2/h4-6,10,13H,3,7-9,11H2,1-2H3,(H,22,23)/t13-/m0/s1. The van der Waals surface area contributed by atoms with E-state index >= 15 is 0 Å². The minimum absolute atomic E-state index is 0.315. The summed E-state index contributed by atoms with van der Waals surface area (Å²) in [7, 11) is 0. The number of esters is 1. The highest BCUT2D eigenvalue weighted by molar-refractivity contribution is 7.14. The first-order chi connectivity index (χ1) is 12.5. The number of carbonyl (C=O) groups excluding carboxylic acids is 2. The van der Waals surface area contributed by atoms with Gasteiger partial charge in [-0.1, -0.05) is 31.0 Å². The lowest BCUT2D eigenvalue weighted by atomic mass is 9.87. The smallest absolute Gasteiger partial charge is 0.348 e. The number of carbonyl (C=O) groups is 2. The Bertz CT molecular complexity index is 830. The van der Waals surface area contributed by atoms with E-state index in [4.69, 9.17) is 16.3 Å². The third-order valence-electron chi connectivity index (χ3n) is 4.84. The summed E-state index contributed by atoms with van der Waals surface area (Å²) < 4.78 is 5.19. The molecule has 138 valence electrons. The molecule has 2 aromatic rings. The van der Waals surface area contributed by atoms with E-state index in [9.17, 15) is 9.59 Å². The largest absolute Gasteiger partial charge is 0.451 e. The lowest BCUT2D eigenvalue weighted by molar-refractivity contribution is -0.119. The SMILES string of the molecule is CC[C@H]1CCc2sc(C(=O)OCC(=O)Nc3cccc(Cl)c3C)cc2C1. The van der Waals surface area contributed by atoms with Crippen LogP contribution in [0.1, 0.15) is 45.4 Å². The Balaban J connectivity index is 1.56. The molecular weight excluding hydrogens is 370 g/mol. The number of amides is 1. The van der Waals surface area contributed by atoms with Crippen molar-refractivity contribution in [3.8, 4) is 0 Å². The van der Waals surface area contributed by atoms with Crippen LogP contribution in [-0.4, -0.2) is 18.5 Å². The van der Waals surface area contributed by atoms with Gasteiger partial charge in [-0.2, -0.15) is 0 Å². The molecule has 1 amide bonds. The molecule has 0 bridgehead atoms. The van der Waals surface area contributed by atoms with Crippen molar-refractivity contribution in [2.45, 2.75) is 39.5 Å². The summed E-state index contributed by atoms with van der Waals surface area (Å²) >= 11 is 7.53. The third-order valence-corrected chi connectivity index (χ3v) is 6.47. The van der Waals surface area contributed by atoms with Crippen molar-refractivity contribution in [2.24, 2.45) is 5.92 Å². The molecule has 1 N–H and O–H groups in total. The average Bonchev–Trinajstić information content (AvgIpc) is 3.06. The summed E-state index contributed by atoms with van der Waals surface area (Å²) in [6.07, 6.45) is 4.41. The molecule has 0 unspecified atom stereocenters. The second-order valence-corrected chi connectivity index (χ2v) is 8.16. The van der Waals surface area contributed by atoms with Crippen molar-refractivity contribution >= 4 is 40.5 Å². The number of fused-ring (bicyclic) bond motifs is 1. The number of benzene rings is 1. The second-order valence-electron chi connectivity index (χ2n) is 6.61. The highest BCUT2D eigenvalue weighted by Crippen LogP contribution is 2.33. The Labute approximate surface area is 162 Å². The first-order valence-corrected chi connectivity index (χ1v) is 10.0. The van der Waals surface area contributed by atoms with Crippen LogP contribution in [0.3, 0.4) is 0 Å². The van der Waals surface area contributed by atoms with Gasteiger partial charge in [-0.25, -0.2) is 4.79 Å². The molecule has 0 spiro atoms. The number of anilines is 1. The van der Waals surface area contributed by atoms with E-state index in [1.54, 1.807) is 18.2 Å². The maximum atomic E-state index is 12.3. The van der Waals surface area contributed by atoms with Crippen LogP contribution in [0.2, 0.25) is 5.02 Å². The Morgan fingerprint density at radius 1 is 1.38 bits per heavy atom. The summed E-state index contributed by atoms with van der Waals surface area (Å²) in [5.41, 5.74) is 2.67. The van der Waals surface area contributed by atoms with E-state index in [0.29, 0.717) is 21.5 Å². The fraction of sp³-hybridized carbons (Fsp3) is 0.400. The zero-order valence-corrected chi connectivity index (χ0v) is 16.5.